The first-order chi connectivity index (χ1) is 11.0. The van der Waals surface area contributed by atoms with Crippen LogP contribution in [0.25, 0.3) is 0 Å². The second-order valence-electron chi connectivity index (χ2n) is 7.53. The lowest BCUT2D eigenvalue weighted by molar-refractivity contribution is 0.00101. The molecule has 0 bridgehead atoms. The minimum absolute atomic E-state index is 0.235. The lowest BCUT2D eigenvalue weighted by atomic mass is 10.1. The topological polar surface area (TPSA) is 36.9 Å². The molecule has 0 aromatic heterocycles. The highest BCUT2D eigenvalue weighted by Crippen LogP contribution is 2.26. The van der Waals surface area contributed by atoms with Crippen molar-refractivity contribution in [2.24, 2.45) is 10.9 Å². The van der Waals surface area contributed by atoms with Crippen LogP contribution in [0.3, 0.4) is 0 Å². The van der Waals surface area contributed by atoms with Crippen LogP contribution >= 0.6 is 11.8 Å². The Morgan fingerprint density at radius 3 is 2.43 bits per heavy atom. The zero-order valence-corrected chi connectivity index (χ0v) is 16.3. The van der Waals surface area contributed by atoms with Crippen molar-refractivity contribution in [1.29, 1.82) is 0 Å². The maximum absolute atomic E-state index is 6.17. The van der Waals surface area contributed by atoms with Gasteiger partial charge >= 0.3 is 0 Å². The van der Waals surface area contributed by atoms with E-state index < -0.39 is 0 Å². The van der Waals surface area contributed by atoms with Gasteiger partial charge in [-0.3, -0.25) is 4.99 Å². The SMILES string of the molecule is CN=C(NCC(C)(C)SC)N1CCC(OCC2CCCC2)CC1. The minimum atomic E-state index is 0.235. The molecule has 1 heterocycles. The number of likely N-dealkylation sites (tertiary alicyclic amines) is 1. The molecule has 2 aliphatic rings. The number of nitrogens with one attached hydrogen (secondary N) is 1. The fourth-order valence-electron chi connectivity index (χ4n) is 3.38. The number of ether oxygens (including phenoxy) is 1. The van der Waals surface area contributed by atoms with E-state index in [4.69, 9.17) is 4.74 Å². The fraction of sp³-hybridized carbons (Fsp3) is 0.944. The molecule has 0 atom stereocenters. The number of rotatable bonds is 6. The molecule has 2 rings (SSSR count). The first kappa shape index (κ1) is 18.9. The Morgan fingerprint density at radius 2 is 1.87 bits per heavy atom. The summed E-state index contributed by atoms with van der Waals surface area (Å²) in [6.07, 6.45) is 10.4. The summed E-state index contributed by atoms with van der Waals surface area (Å²) in [6.45, 7) is 8.56. The normalized spacial score (nSPS) is 21.9. The maximum atomic E-state index is 6.17. The van der Waals surface area contributed by atoms with E-state index in [2.05, 4.69) is 35.3 Å². The third kappa shape index (κ3) is 6.18. The van der Waals surface area contributed by atoms with E-state index in [0.717, 1.165) is 51.0 Å². The summed E-state index contributed by atoms with van der Waals surface area (Å²) in [5.41, 5.74) is 0. The minimum Gasteiger partial charge on any atom is -0.378 e. The van der Waals surface area contributed by atoms with Crippen molar-refractivity contribution in [3.63, 3.8) is 0 Å². The van der Waals surface area contributed by atoms with Gasteiger partial charge in [0.15, 0.2) is 5.96 Å². The van der Waals surface area contributed by atoms with Crippen molar-refractivity contribution < 1.29 is 4.74 Å². The van der Waals surface area contributed by atoms with Crippen LogP contribution in [0.1, 0.15) is 52.4 Å². The molecule has 1 saturated heterocycles. The van der Waals surface area contributed by atoms with Gasteiger partial charge < -0.3 is 15.0 Å². The molecule has 0 radical (unpaired) electrons. The molecule has 0 amide bonds. The molecule has 0 aromatic rings. The molecular formula is C18H35N3OS. The quantitative estimate of drug-likeness (QED) is 0.594. The molecule has 1 saturated carbocycles. The summed E-state index contributed by atoms with van der Waals surface area (Å²) >= 11 is 1.89. The Labute approximate surface area is 146 Å². The van der Waals surface area contributed by atoms with Crippen LogP contribution in [0.15, 0.2) is 4.99 Å². The Hall–Kier alpha value is -0.420. The summed E-state index contributed by atoms with van der Waals surface area (Å²) in [5.74, 6) is 1.87. The molecule has 1 aliphatic carbocycles. The van der Waals surface area contributed by atoms with E-state index in [1.54, 1.807) is 0 Å². The van der Waals surface area contributed by atoms with Crippen molar-refractivity contribution in [1.82, 2.24) is 10.2 Å². The van der Waals surface area contributed by atoms with Crippen LogP contribution < -0.4 is 5.32 Å². The van der Waals surface area contributed by atoms with E-state index in [9.17, 15) is 0 Å². The predicted octanol–water partition coefficient (Wildman–Crippen LogP) is 3.37. The second-order valence-corrected chi connectivity index (χ2v) is 9.05. The number of guanidine groups is 1. The first-order valence-electron chi connectivity index (χ1n) is 9.16. The molecule has 0 spiro atoms. The second kappa shape index (κ2) is 9.16. The van der Waals surface area contributed by atoms with Crippen LogP contribution in [0, 0.1) is 5.92 Å². The van der Waals surface area contributed by atoms with Gasteiger partial charge in [0, 0.05) is 38.0 Å². The standard InChI is InChI=1S/C18H35N3OS/c1-18(2,23-4)14-20-17(19-3)21-11-9-16(10-12-21)22-13-15-7-5-6-8-15/h15-16H,5-14H2,1-4H3,(H,19,20). The van der Waals surface area contributed by atoms with Crippen molar-refractivity contribution >= 4 is 17.7 Å². The zero-order valence-electron chi connectivity index (χ0n) is 15.4. The van der Waals surface area contributed by atoms with Gasteiger partial charge in [0.05, 0.1) is 6.10 Å². The lowest BCUT2D eigenvalue weighted by Gasteiger charge is -2.35. The largest absolute Gasteiger partial charge is 0.378 e. The van der Waals surface area contributed by atoms with Gasteiger partial charge in [-0.25, -0.2) is 0 Å². The summed E-state index contributed by atoms with van der Waals surface area (Å²) in [6, 6.07) is 0. The van der Waals surface area contributed by atoms with Gasteiger partial charge in [-0.15, -0.1) is 0 Å². The lowest BCUT2D eigenvalue weighted by Crippen LogP contribution is -2.49. The number of nitrogens with zero attached hydrogens (tertiary/aromatic N) is 2. The first-order valence-corrected chi connectivity index (χ1v) is 10.4. The maximum Gasteiger partial charge on any atom is 0.193 e. The molecule has 2 fully saturated rings. The highest BCUT2D eigenvalue weighted by atomic mass is 32.2. The van der Waals surface area contributed by atoms with Crippen LogP contribution in [0.5, 0.6) is 0 Å². The number of hydrogen-bond acceptors (Lipinski definition) is 3. The third-order valence-corrected chi connectivity index (χ3v) is 6.47. The Balaban J connectivity index is 1.69. The third-order valence-electron chi connectivity index (χ3n) is 5.22. The Kier molecular flexibility index (Phi) is 7.54. The number of hydrogen-bond donors (Lipinski definition) is 1. The van der Waals surface area contributed by atoms with Crippen molar-refractivity contribution in [3.8, 4) is 0 Å². The number of piperidine rings is 1. The molecule has 4 nitrogen and oxygen atoms in total. The molecule has 1 N–H and O–H groups in total. The highest BCUT2D eigenvalue weighted by Gasteiger charge is 2.25. The van der Waals surface area contributed by atoms with Gasteiger partial charge in [0.25, 0.3) is 0 Å². The fourth-order valence-corrected chi connectivity index (χ4v) is 3.60. The van der Waals surface area contributed by atoms with Gasteiger partial charge in [0.2, 0.25) is 0 Å². The van der Waals surface area contributed by atoms with Gasteiger partial charge in [-0.05, 0) is 51.7 Å². The predicted molar refractivity (Wildman–Crippen MR) is 101 cm³/mol. The van der Waals surface area contributed by atoms with E-state index in [-0.39, 0.29) is 4.75 Å². The Bertz CT molecular complexity index is 372. The Morgan fingerprint density at radius 1 is 1.22 bits per heavy atom. The average Bonchev–Trinajstić information content (AvgIpc) is 3.08. The van der Waals surface area contributed by atoms with Crippen molar-refractivity contribution in [2.75, 3.05) is 39.5 Å². The van der Waals surface area contributed by atoms with E-state index in [0.29, 0.717) is 6.10 Å². The smallest absolute Gasteiger partial charge is 0.193 e. The summed E-state index contributed by atoms with van der Waals surface area (Å²) in [7, 11) is 1.89. The average molecular weight is 342 g/mol. The summed E-state index contributed by atoms with van der Waals surface area (Å²) in [5, 5.41) is 3.54. The zero-order chi connectivity index (χ0) is 16.7. The van der Waals surface area contributed by atoms with E-state index >= 15 is 0 Å². The van der Waals surface area contributed by atoms with E-state index in [1.165, 1.54) is 25.7 Å². The van der Waals surface area contributed by atoms with Gasteiger partial charge in [0.1, 0.15) is 0 Å². The van der Waals surface area contributed by atoms with E-state index in [1.807, 2.05) is 18.8 Å². The molecule has 1 aliphatic heterocycles. The number of aliphatic imine (C=N–C) groups is 1. The van der Waals surface area contributed by atoms with Crippen molar-refractivity contribution in [2.45, 2.75) is 63.2 Å². The summed E-state index contributed by atoms with van der Waals surface area (Å²) < 4.78 is 6.40. The van der Waals surface area contributed by atoms with Crippen LogP contribution in [0.4, 0.5) is 0 Å². The van der Waals surface area contributed by atoms with Crippen LogP contribution in [-0.2, 0) is 4.74 Å². The molecular weight excluding hydrogens is 306 g/mol. The molecule has 0 unspecified atom stereocenters. The molecule has 23 heavy (non-hydrogen) atoms. The van der Waals surface area contributed by atoms with Crippen LogP contribution in [0.2, 0.25) is 0 Å². The molecule has 5 heteroatoms. The highest BCUT2D eigenvalue weighted by molar-refractivity contribution is 7.99. The summed E-state index contributed by atoms with van der Waals surface area (Å²) in [4.78, 5) is 6.85. The molecule has 134 valence electrons. The van der Waals surface area contributed by atoms with Gasteiger partial charge in [-0.2, -0.15) is 11.8 Å². The molecule has 0 aromatic carbocycles. The van der Waals surface area contributed by atoms with Crippen molar-refractivity contribution in [3.05, 3.63) is 0 Å². The van der Waals surface area contributed by atoms with Crippen LogP contribution in [-0.4, -0.2) is 61.3 Å². The number of thioether (sulfide) groups is 1. The monoisotopic (exact) mass is 341 g/mol. The van der Waals surface area contributed by atoms with Gasteiger partial charge in [-0.1, -0.05) is 12.8 Å².